The number of piperazine rings is 1. The minimum absolute atomic E-state index is 0.348. The molecule has 1 fully saturated rings. The van der Waals surface area contributed by atoms with E-state index < -0.39 is 0 Å². The van der Waals surface area contributed by atoms with E-state index >= 15 is 0 Å². The lowest BCUT2D eigenvalue weighted by Gasteiger charge is -2.39. The van der Waals surface area contributed by atoms with Gasteiger partial charge in [0.2, 0.25) is 0 Å². The molecule has 0 saturated carbocycles. The molecular formula is C10H17N5. The van der Waals surface area contributed by atoms with Gasteiger partial charge in [0.1, 0.15) is 0 Å². The molecule has 1 aromatic heterocycles. The Labute approximate surface area is 89.9 Å². The smallest absolute Gasteiger partial charge is 0.151 e. The number of aromatic nitrogens is 2. The second-order valence-corrected chi connectivity index (χ2v) is 3.93. The fraction of sp³-hybridized carbons (Fsp3) is 0.600. The molecule has 0 radical (unpaired) electrons. The van der Waals surface area contributed by atoms with E-state index in [-0.39, 0.29) is 0 Å². The van der Waals surface area contributed by atoms with Crippen molar-refractivity contribution in [2.45, 2.75) is 6.04 Å². The van der Waals surface area contributed by atoms with Gasteiger partial charge in [-0.05, 0) is 19.2 Å². The predicted octanol–water partition coefficient (Wildman–Crippen LogP) is -0.444. The van der Waals surface area contributed by atoms with Crippen molar-refractivity contribution in [3.63, 3.8) is 0 Å². The number of likely N-dealkylation sites (N-methyl/N-ethyl adjacent to an activating group) is 1. The summed E-state index contributed by atoms with van der Waals surface area (Å²) in [7, 11) is 2.12. The molecule has 0 aliphatic carbocycles. The van der Waals surface area contributed by atoms with Crippen LogP contribution >= 0.6 is 0 Å². The molecule has 82 valence electrons. The Balaban J connectivity index is 2.14. The van der Waals surface area contributed by atoms with Crippen LogP contribution in [0.15, 0.2) is 18.3 Å². The molecular weight excluding hydrogens is 190 g/mol. The van der Waals surface area contributed by atoms with Gasteiger partial charge in [0.05, 0.1) is 6.04 Å². The van der Waals surface area contributed by atoms with E-state index in [1.807, 2.05) is 12.1 Å². The first kappa shape index (κ1) is 10.3. The molecule has 2 N–H and O–H groups in total. The molecule has 15 heavy (non-hydrogen) atoms. The lowest BCUT2D eigenvalue weighted by molar-refractivity contribution is 0.268. The first-order valence-corrected chi connectivity index (χ1v) is 5.24. The van der Waals surface area contributed by atoms with Crippen molar-refractivity contribution in [1.29, 1.82) is 0 Å². The first-order chi connectivity index (χ1) is 7.31. The normalized spacial score (nSPS) is 23.1. The highest BCUT2D eigenvalue weighted by Gasteiger charge is 2.24. The maximum Gasteiger partial charge on any atom is 0.151 e. The van der Waals surface area contributed by atoms with Crippen LogP contribution in [0.2, 0.25) is 0 Å². The third-order valence-electron chi connectivity index (χ3n) is 2.81. The third-order valence-corrected chi connectivity index (χ3v) is 2.81. The average molecular weight is 207 g/mol. The van der Waals surface area contributed by atoms with Crippen LogP contribution in [0.3, 0.4) is 0 Å². The largest absolute Gasteiger partial charge is 0.348 e. The Bertz CT molecular complexity index is 302. The van der Waals surface area contributed by atoms with Crippen LogP contribution < -0.4 is 10.6 Å². The molecule has 1 unspecified atom stereocenters. The fourth-order valence-electron chi connectivity index (χ4n) is 1.96. The summed E-state index contributed by atoms with van der Waals surface area (Å²) < 4.78 is 0. The molecule has 0 aromatic carbocycles. The van der Waals surface area contributed by atoms with Crippen molar-refractivity contribution < 1.29 is 0 Å². The Morgan fingerprint density at radius 3 is 3.07 bits per heavy atom. The highest BCUT2D eigenvalue weighted by atomic mass is 15.3. The highest BCUT2D eigenvalue weighted by molar-refractivity contribution is 5.39. The maximum atomic E-state index is 5.78. The van der Waals surface area contributed by atoms with Crippen LogP contribution in [-0.2, 0) is 0 Å². The van der Waals surface area contributed by atoms with Crippen molar-refractivity contribution in [2.75, 3.05) is 38.1 Å². The summed E-state index contributed by atoms with van der Waals surface area (Å²) in [6.45, 7) is 3.66. The highest BCUT2D eigenvalue weighted by Crippen LogP contribution is 2.15. The van der Waals surface area contributed by atoms with Gasteiger partial charge in [0, 0.05) is 32.4 Å². The summed E-state index contributed by atoms with van der Waals surface area (Å²) in [5.41, 5.74) is 5.78. The number of rotatable bonds is 2. The Morgan fingerprint density at radius 2 is 2.40 bits per heavy atom. The van der Waals surface area contributed by atoms with E-state index in [2.05, 4.69) is 27.0 Å². The van der Waals surface area contributed by atoms with Gasteiger partial charge in [-0.1, -0.05) is 0 Å². The number of nitrogens with two attached hydrogens (primary N) is 1. The van der Waals surface area contributed by atoms with Gasteiger partial charge in [-0.25, -0.2) is 0 Å². The monoisotopic (exact) mass is 207 g/mol. The molecule has 1 saturated heterocycles. The number of anilines is 1. The molecule has 0 spiro atoms. The van der Waals surface area contributed by atoms with Crippen LogP contribution in [0, 0.1) is 0 Å². The van der Waals surface area contributed by atoms with Crippen molar-refractivity contribution >= 4 is 5.82 Å². The van der Waals surface area contributed by atoms with Crippen LogP contribution in [0.1, 0.15) is 0 Å². The van der Waals surface area contributed by atoms with E-state index in [4.69, 9.17) is 5.73 Å². The molecule has 1 atom stereocenters. The van der Waals surface area contributed by atoms with Gasteiger partial charge < -0.3 is 15.5 Å². The third kappa shape index (κ3) is 2.24. The van der Waals surface area contributed by atoms with E-state index in [9.17, 15) is 0 Å². The Morgan fingerprint density at radius 1 is 1.53 bits per heavy atom. The van der Waals surface area contributed by atoms with E-state index in [0.717, 1.165) is 25.5 Å². The topological polar surface area (TPSA) is 58.3 Å². The van der Waals surface area contributed by atoms with Gasteiger partial charge in [-0.3, -0.25) is 0 Å². The summed E-state index contributed by atoms with van der Waals surface area (Å²) in [4.78, 5) is 4.54. The van der Waals surface area contributed by atoms with Gasteiger partial charge in [0.25, 0.3) is 0 Å². The number of nitrogens with zero attached hydrogens (tertiary/aromatic N) is 4. The van der Waals surface area contributed by atoms with Gasteiger partial charge in [-0.15, -0.1) is 5.10 Å². The lowest BCUT2D eigenvalue weighted by Crippen LogP contribution is -2.55. The van der Waals surface area contributed by atoms with Crippen LogP contribution in [0.5, 0.6) is 0 Å². The molecule has 2 heterocycles. The van der Waals surface area contributed by atoms with E-state index in [1.54, 1.807) is 6.20 Å². The predicted molar refractivity (Wildman–Crippen MR) is 59.7 cm³/mol. The fourth-order valence-corrected chi connectivity index (χ4v) is 1.96. The second kappa shape index (κ2) is 4.55. The van der Waals surface area contributed by atoms with Crippen molar-refractivity contribution in [1.82, 2.24) is 15.1 Å². The quantitative estimate of drug-likeness (QED) is 0.712. The van der Waals surface area contributed by atoms with Crippen molar-refractivity contribution in [3.05, 3.63) is 18.3 Å². The molecule has 5 nitrogen and oxygen atoms in total. The SMILES string of the molecule is CN1CCN(c2cccnn2)C(CN)C1. The second-order valence-electron chi connectivity index (χ2n) is 3.93. The van der Waals surface area contributed by atoms with Crippen molar-refractivity contribution in [2.24, 2.45) is 5.73 Å². The molecule has 1 aliphatic heterocycles. The van der Waals surface area contributed by atoms with Gasteiger partial charge >= 0.3 is 0 Å². The Hall–Kier alpha value is -1.20. The van der Waals surface area contributed by atoms with Crippen LogP contribution in [0.4, 0.5) is 5.82 Å². The van der Waals surface area contributed by atoms with E-state index in [0.29, 0.717) is 12.6 Å². The zero-order valence-corrected chi connectivity index (χ0v) is 9.00. The molecule has 1 aliphatic rings. The standard InChI is InChI=1S/C10H17N5/c1-14-5-6-15(9(7-11)8-14)10-3-2-4-12-13-10/h2-4,9H,5-8,11H2,1H3. The van der Waals surface area contributed by atoms with Crippen molar-refractivity contribution in [3.8, 4) is 0 Å². The maximum absolute atomic E-state index is 5.78. The average Bonchev–Trinajstić information content (AvgIpc) is 2.30. The molecule has 5 heteroatoms. The zero-order valence-electron chi connectivity index (χ0n) is 9.00. The van der Waals surface area contributed by atoms with Gasteiger partial charge in [-0.2, -0.15) is 5.10 Å². The number of hydrogen-bond donors (Lipinski definition) is 1. The molecule has 0 amide bonds. The lowest BCUT2D eigenvalue weighted by atomic mass is 10.1. The zero-order chi connectivity index (χ0) is 10.7. The Kier molecular flexibility index (Phi) is 3.13. The molecule has 2 rings (SSSR count). The summed E-state index contributed by atoms with van der Waals surface area (Å²) in [6.07, 6.45) is 1.69. The first-order valence-electron chi connectivity index (χ1n) is 5.24. The molecule has 1 aromatic rings. The minimum Gasteiger partial charge on any atom is -0.348 e. The molecule has 0 bridgehead atoms. The summed E-state index contributed by atoms with van der Waals surface area (Å²) in [5, 5.41) is 8.03. The van der Waals surface area contributed by atoms with Crippen LogP contribution in [0.25, 0.3) is 0 Å². The summed E-state index contributed by atoms with van der Waals surface area (Å²) in [6, 6.07) is 4.25. The minimum atomic E-state index is 0.348. The summed E-state index contributed by atoms with van der Waals surface area (Å²) >= 11 is 0. The van der Waals surface area contributed by atoms with Crippen LogP contribution in [-0.4, -0.2) is 54.4 Å². The van der Waals surface area contributed by atoms with Gasteiger partial charge in [0.15, 0.2) is 5.82 Å². The number of hydrogen-bond acceptors (Lipinski definition) is 5. The van der Waals surface area contributed by atoms with E-state index in [1.165, 1.54) is 0 Å². The summed E-state index contributed by atoms with van der Waals surface area (Å²) in [5.74, 6) is 0.932.